The fourth-order valence-electron chi connectivity index (χ4n) is 0.606. The van der Waals surface area contributed by atoms with Crippen LogP contribution in [0.25, 0.3) is 0 Å². The molecule has 70 valence electrons. The first-order chi connectivity index (χ1) is 5.57. The van der Waals surface area contributed by atoms with Gasteiger partial charge in [0.15, 0.2) is 11.1 Å². The highest BCUT2D eigenvalue weighted by Crippen LogP contribution is 2.00. The molecule has 0 saturated carbocycles. The molecule has 0 saturated heterocycles. The van der Waals surface area contributed by atoms with E-state index in [1.54, 1.807) is 5.43 Å². The van der Waals surface area contributed by atoms with E-state index < -0.39 is 17.0 Å². The van der Waals surface area contributed by atoms with Crippen LogP contribution in [0.2, 0.25) is 0 Å². The quantitative estimate of drug-likeness (QED) is 0.455. The SMILES string of the molecule is CSCC[C@H](N[N+](=O)[O-])C(=O)O. The molecule has 0 heterocycles. The van der Waals surface area contributed by atoms with E-state index in [-0.39, 0.29) is 6.42 Å². The molecule has 0 aliphatic rings. The van der Waals surface area contributed by atoms with Crippen molar-refractivity contribution in [3.05, 3.63) is 10.1 Å². The highest BCUT2D eigenvalue weighted by molar-refractivity contribution is 7.98. The van der Waals surface area contributed by atoms with Crippen LogP contribution in [0.1, 0.15) is 6.42 Å². The Morgan fingerprint density at radius 3 is 2.75 bits per heavy atom. The third-order valence-corrected chi connectivity index (χ3v) is 1.81. The highest BCUT2D eigenvalue weighted by Gasteiger charge is 2.20. The maximum absolute atomic E-state index is 10.4. The number of carboxylic acid groups (broad SMARTS) is 1. The number of nitrogens with one attached hydrogen (secondary N) is 1. The average Bonchev–Trinajstić information content (AvgIpc) is 1.96. The summed E-state index contributed by atoms with van der Waals surface area (Å²) in [5, 5.41) is 17.5. The van der Waals surface area contributed by atoms with Crippen molar-refractivity contribution < 1.29 is 14.9 Å². The maximum Gasteiger partial charge on any atom is 0.332 e. The summed E-state index contributed by atoms with van der Waals surface area (Å²) in [7, 11) is 0. The fourth-order valence-corrected chi connectivity index (χ4v) is 1.08. The summed E-state index contributed by atoms with van der Waals surface area (Å²) in [4.78, 5) is 20.3. The van der Waals surface area contributed by atoms with Gasteiger partial charge in [-0.2, -0.15) is 11.8 Å². The number of rotatable bonds is 6. The average molecular weight is 194 g/mol. The van der Waals surface area contributed by atoms with E-state index >= 15 is 0 Å². The third kappa shape index (κ3) is 4.78. The Morgan fingerprint density at radius 2 is 2.42 bits per heavy atom. The molecule has 0 unspecified atom stereocenters. The maximum atomic E-state index is 10.4. The number of nitro groups is 1. The second kappa shape index (κ2) is 5.64. The topological polar surface area (TPSA) is 92.5 Å². The van der Waals surface area contributed by atoms with Crippen LogP contribution in [0.5, 0.6) is 0 Å². The van der Waals surface area contributed by atoms with Gasteiger partial charge in [0.25, 0.3) is 0 Å². The number of hydrazine groups is 1. The van der Waals surface area contributed by atoms with Crippen LogP contribution >= 0.6 is 11.8 Å². The Kier molecular flexibility index (Phi) is 5.18. The minimum Gasteiger partial charge on any atom is -0.480 e. The van der Waals surface area contributed by atoms with E-state index in [1.165, 1.54) is 11.8 Å². The molecule has 0 aromatic heterocycles. The summed E-state index contributed by atoms with van der Waals surface area (Å²) in [5.41, 5.74) is 1.72. The van der Waals surface area contributed by atoms with Crippen LogP contribution < -0.4 is 5.43 Å². The Hall–Kier alpha value is -0.980. The first kappa shape index (κ1) is 11.0. The lowest BCUT2D eigenvalue weighted by Crippen LogP contribution is -2.40. The van der Waals surface area contributed by atoms with Crippen LogP contribution in [-0.4, -0.2) is 34.2 Å². The Bertz CT molecular complexity index is 175. The molecule has 0 rings (SSSR count). The first-order valence-corrected chi connectivity index (χ1v) is 4.59. The van der Waals surface area contributed by atoms with Gasteiger partial charge in [0.1, 0.15) is 0 Å². The van der Waals surface area contributed by atoms with Gasteiger partial charge in [-0.3, -0.25) is 0 Å². The molecule has 0 aliphatic heterocycles. The standard InChI is InChI=1S/C5H10N2O4S/c1-12-3-2-4(5(8)9)6-7(10)11/h4,6H,2-3H2,1H3,(H,8,9)/t4-/m0/s1. The van der Waals surface area contributed by atoms with Crippen LogP contribution in [0, 0.1) is 10.1 Å². The first-order valence-electron chi connectivity index (χ1n) is 3.20. The second-order valence-corrected chi connectivity index (χ2v) is 3.04. The molecule has 0 radical (unpaired) electrons. The molecule has 0 spiro atoms. The minimum absolute atomic E-state index is 0.248. The molecule has 0 aromatic carbocycles. The molecule has 1 atom stereocenters. The van der Waals surface area contributed by atoms with Gasteiger partial charge in [-0.1, -0.05) is 0 Å². The number of thioether (sulfide) groups is 1. The van der Waals surface area contributed by atoms with Crippen molar-refractivity contribution >= 4 is 17.7 Å². The minimum atomic E-state index is -1.19. The van der Waals surface area contributed by atoms with Crippen LogP contribution in [0.3, 0.4) is 0 Å². The summed E-state index contributed by atoms with van der Waals surface area (Å²) in [6.45, 7) is 0. The lowest BCUT2D eigenvalue weighted by atomic mass is 10.2. The zero-order valence-electron chi connectivity index (χ0n) is 6.52. The van der Waals surface area contributed by atoms with Crippen molar-refractivity contribution in [2.24, 2.45) is 0 Å². The van der Waals surface area contributed by atoms with Gasteiger partial charge >= 0.3 is 5.97 Å². The number of carboxylic acids is 1. The van der Waals surface area contributed by atoms with Gasteiger partial charge in [-0.15, -0.1) is 5.43 Å². The number of carbonyl (C=O) groups is 1. The normalized spacial score (nSPS) is 12.1. The Labute approximate surface area is 73.5 Å². The van der Waals surface area contributed by atoms with E-state index in [0.29, 0.717) is 5.75 Å². The van der Waals surface area contributed by atoms with Crippen molar-refractivity contribution in [1.29, 1.82) is 0 Å². The largest absolute Gasteiger partial charge is 0.480 e. The smallest absolute Gasteiger partial charge is 0.332 e. The summed E-state index contributed by atoms with van der Waals surface area (Å²) in [5.74, 6) is -0.613. The van der Waals surface area contributed by atoms with Crippen molar-refractivity contribution in [3.8, 4) is 0 Å². The predicted octanol–water partition coefficient (Wildman–Crippen LogP) is -0.0260. The summed E-state index contributed by atoms with van der Waals surface area (Å²) in [6.07, 6.45) is 2.06. The lowest BCUT2D eigenvalue weighted by molar-refractivity contribution is -0.548. The summed E-state index contributed by atoms with van der Waals surface area (Å²) >= 11 is 1.45. The van der Waals surface area contributed by atoms with Gasteiger partial charge in [-0.05, 0) is 18.4 Å². The van der Waals surface area contributed by atoms with Gasteiger partial charge in [0, 0.05) is 0 Å². The molecular formula is C5H10N2O4S. The van der Waals surface area contributed by atoms with Crippen molar-refractivity contribution in [3.63, 3.8) is 0 Å². The molecule has 0 aromatic rings. The number of aliphatic carboxylic acids is 1. The number of hydrogen-bond donors (Lipinski definition) is 2. The van der Waals surface area contributed by atoms with Crippen LogP contribution in [0.15, 0.2) is 0 Å². The molecule has 6 nitrogen and oxygen atoms in total. The second-order valence-electron chi connectivity index (χ2n) is 2.06. The number of nitrogens with zero attached hydrogens (tertiary/aromatic N) is 1. The fraction of sp³-hybridized carbons (Fsp3) is 0.800. The summed E-state index contributed by atoms with van der Waals surface area (Å²) in [6, 6.07) is -1.09. The monoisotopic (exact) mass is 194 g/mol. The number of hydrogen-bond acceptors (Lipinski definition) is 4. The van der Waals surface area contributed by atoms with Crippen molar-refractivity contribution in [1.82, 2.24) is 5.43 Å². The van der Waals surface area contributed by atoms with Gasteiger partial charge < -0.3 is 5.11 Å². The van der Waals surface area contributed by atoms with Gasteiger partial charge in [-0.25, -0.2) is 14.9 Å². The van der Waals surface area contributed by atoms with Gasteiger partial charge in [0.05, 0.1) is 0 Å². The molecule has 2 N–H and O–H groups in total. The molecule has 12 heavy (non-hydrogen) atoms. The van der Waals surface area contributed by atoms with Crippen LogP contribution in [0.4, 0.5) is 0 Å². The van der Waals surface area contributed by atoms with E-state index in [1.807, 2.05) is 6.26 Å². The highest BCUT2D eigenvalue weighted by atomic mass is 32.2. The van der Waals surface area contributed by atoms with Crippen LogP contribution in [-0.2, 0) is 4.79 Å². The zero-order valence-corrected chi connectivity index (χ0v) is 7.34. The van der Waals surface area contributed by atoms with Gasteiger partial charge in [0.2, 0.25) is 0 Å². The molecule has 0 bridgehead atoms. The molecular weight excluding hydrogens is 184 g/mol. The molecule has 0 amide bonds. The van der Waals surface area contributed by atoms with E-state index in [9.17, 15) is 14.9 Å². The third-order valence-electron chi connectivity index (χ3n) is 1.17. The molecule has 7 heteroatoms. The lowest BCUT2D eigenvalue weighted by Gasteiger charge is -2.06. The molecule has 0 aliphatic carbocycles. The Morgan fingerprint density at radius 1 is 1.83 bits per heavy atom. The van der Waals surface area contributed by atoms with Crippen molar-refractivity contribution in [2.75, 3.05) is 12.0 Å². The predicted molar refractivity (Wildman–Crippen MR) is 44.6 cm³/mol. The Balaban J connectivity index is 3.87. The van der Waals surface area contributed by atoms with E-state index in [2.05, 4.69) is 0 Å². The molecule has 0 fully saturated rings. The zero-order chi connectivity index (χ0) is 9.56. The van der Waals surface area contributed by atoms with E-state index in [0.717, 1.165) is 0 Å². The summed E-state index contributed by atoms with van der Waals surface area (Å²) < 4.78 is 0. The van der Waals surface area contributed by atoms with Crippen molar-refractivity contribution in [2.45, 2.75) is 12.5 Å². The van der Waals surface area contributed by atoms with E-state index in [4.69, 9.17) is 5.11 Å².